The van der Waals surface area contributed by atoms with Gasteiger partial charge in [-0.25, -0.2) is 4.98 Å². The number of carbonyl (C=O) groups is 1. The summed E-state index contributed by atoms with van der Waals surface area (Å²) in [4.78, 5) is 20.9. The molecule has 1 heterocycles. The summed E-state index contributed by atoms with van der Waals surface area (Å²) >= 11 is 0. The van der Waals surface area contributed by atoms with Gasteiger partial charge in [-0.15, -0.1) is 0 Å². The van der Waals surface area contributed by atoms with Crippen LogP contribution in [0, 0.1) is 13.8 Å². The van der Waals surface area contributed by atoms with E-state index in [0.29, 0.717) is 13.2 Å². The Morgan fingerprint density at radius 1 is 0.972 bits per heavy atom. The number of aryl methyl sites for hydroxylation is 2. The quantitative estimate of drug-likeness (QED) is 0.285. The first-order valence-electron chi connectivity index (χ1n) is 13.1. The number of aromatic nitrogens is 2. The van der Waals surface area contributed by atoms with Crippen LogP contribution in [0.3, 0.4) is 0 Å². The van der Waals surface area contributed by atoms with Gasteiger partial charge in [0.25, 0.3) is 0 Å². The minimum atomic E-state index is 0.141. The molecule has 1 saturated carbocycles. The Bertz CT molecular complexity index is 1320. The molecule has 0 aliphatic heterocycles. The van der Waals surface area contributed by atoms with Crippen molar-refractivity contribution < 1.29 is 9.53 Å². The zero-order valence-electron chi connectivity index (χ0n) is 21.3. The Hall–Kier alpha value is -3.60. The standard InChI is InChI=1S/C31H35N3O2/c1-23-17-18-24(2)29(19-23)36-22-30-32-27-15-9-10-16-28(27)34(30)21-31(35)33(26-13-7-4-8-14-26)20-25-11-5-3-6-12-25/h3,5-6,9-12,15-19,26H,4,7-8,13-14,20-22H2,1-2H3. The van der Waals surface area contributed by atoms with Crippen molar-refractivity contribution in [3.8, 4) is 5.75 Å². The lowest BCUT2D eigenvalue weighted by molar-refractivity contribution is -0.135. The third-order valence-electron chi connectivity index (χ3n) is 7.26. The molecule has 1 aliphatic carbocycles. The van der Waals surface area contributed by atoms with Gasteiger partial charge < -0.3 is 14.2 Å². The number of fused-ring (bicyclic) bond motifs is 1. The number of rotatable bonds is 8. The van der Waals surface area contributed by atoms with Gasteiger partial charge in [0, 0.05) is 12.6 Å². The molecule has 1 fully saturated rings. The van der Waals surface area contributed by atoms with Crippen molar-refractivity contribution in [2.75, 3.05) is 0 Å². The number of nitrogens with zero attached hydrogens (tertiary/aromatic N) is 3. The van der Waals surface area contributed by atoms with Crippen molar-refractivity contribution in [3.05, 3.63) is 95.3 Å². The molecular weight excluding hydrogens is 446 g/mol. The first-order chi connectivity index (χ1) is 17.6. The summed E-state index contributed by atoms with van der Waals surface area (Å²) in [5.41, 5.74) is 5.27. The molecule has 0 unspecified atom stereocenters. The van der Waals surface area contributed by atoms with E-state index in [2.05, 4.69) is 42.2 Å². The van der Waals surface area contributed by atoms with Gasteiger partial charge in [0.15, 0.2) is 0 Å². The second kappa shape index (κ2) is 11.0. The average Bonchev–Trinajstić information content (AvgIpc) is 3.26. The van der Waals surface area contributed by atoms with Gasteiger partial charge in [-0.3, -0.25) is 4.79 Å². The van der Waals surface area contributed by atoms with Crippen molar-refractivity contribution in [2.24, 2.45) is 0 Å². The Morgan fingerprint density at radius 3 is 2.53 bits per heavy atom. The van der Waals surface area contributed by atoms with Crippen LogP contribution in [0.25, 0.3) is 11.0 Å². The van der Waals surface area contributed by atoms with E-state index in [1.165, 1.54) is 24.8 Å². The topological polar surface area (TPSA) is 47.4 Å². The van der Waals surface area contributed by atoms with Gasteiger partial charge in [-0.1, -0.05) is 73.9 Å². The monoisotopic (exact) mass is 481 g/mol. The van der Waals surface area contributed by atoms with Crippen LogP contribution < -0.4 is 4.74 Å². The van der Waals surface area contributed by atoms with Gasteiger partial charge in [0.2, 0.25) is 5.91 Å². The first-order valence-corrected chi connectivity index (χ1v) is 13.1. The maximum Gasteiger partial charge on any atom is 0.243 e. The van der Waals surface area contributed by atoms with Crippen molar-refractivity contribution in [1.29, 1.82) is 0 Å². The highest BCUT2D eigenvalue weighted by atomic mass is 16.5. The minimum Gasteiger partial charge on any atom is -0.485 e. The lowest BCUT2D eigenvalue weighted by Gasteiger charge is -2.35. The number of para-hydroxylation sites is 2. The number of carbonyl (C=O) groups excluding carboxylic acids is 1. The highest BCUT2D eigenvalue weighted by molar-refractivity contribution is 5.81. The SMILES string of the molecule is Cc1ccc(C)c(OCc2nc3ccccc3n2CC(=O)N(Cc2ccccc2)C2CCCCC2)c1. The number of amides is 1. The van der Waals surface area contributed by atoms with Crippen LogP contribution in [-0.4, -0.2) is 26.4 Å². The Labute approximate surface area is 213 Å². The summed E-state index contributed by atoms with van der Waals surface area (Å²) in [7, 11) is 0. The number of hydrogen-bond donors (Lipinski definition) is 0. The third kappa shape index (κ3) is 5.46. The van der Waals surface area contributed by atoms with Gasteiger partial charge in [-0.2, -0.15) is 0 Å². The summed E-state index contributed by atoms with van der Waals surface area (Å²) in [5, 5.41) is 0. The molecule has 0 N–H and O–H groups in total. The third-order valence-corrected chi connectivity index (χ3v) is 7.26. The molecule has 5 heteroatoms. The summed E-state index contributed by atoms with van der Waals surface area (Å²) in [5.74, 6) is 1.77. The van der Waals surface area contributed by atoms with Crippen LogP contribution >= 0.6 is 0 Å². The van der Waals surface area contributed by atoms with E-state index in [-0.39, 0.29) is 18.5 Å². The van der Waals surface area contributed by atoms with Gasteiger partial charge in [-0.05, 0) is 61.6 Å². The van der Waals surface area contributed by atoms with E-state index in [1.54, 1.807) is 0 Å². The predicted octanol–water partition coefficient (Wildman–Crippen LogP) is 6.59. The van der Waals surface area contributed by atoms with Crippen LogP contribution in [0.5, 0.6) is 5.75 Å². The molecule has 0 spiro atoms. The predicted molar refractivity (Wildman–Crippen MR) is 144 cm³/mol. The molecule has 5 nitrogen and oxygen atoms in total. The van der Waals surface area contributed by atoms with Gasteiger partial charge >= 0.3 is 0 Å². The molecule has 186 valence electrons. The highest BCUT2D eigenvalue weighted by Gasteiger charge is 2.27. The summed E-state index contributed by atoms with van der Waals surface area (Å²) in [6, 6.07) is 24.9. The Balaban J connectivity index is 1.42. The Morgan fingerprint density at radius 2 is 1.72 bits per heavy atom. The lowest BCUT2D eigenvalue weighted by atomic mass is 9.93. The van der Waals surface area contributed by atoms with Crippen molar-refractivity contribution >= 4 is 16.9 Å². The van der Waals surface area contributed by atoms with E-state index >= 15 is 0 Å². The maximum absolute atomic E-state index is 13.9. The molecule has 3 aromatic carbocycles. The normalized spacial score (nSPS) is 14.2. The molecule has 5 rings (SSSR count). The van der Waals surface area contributed by atoms with E-state index in [4.69, 9.17) is 9.72 Å². The maximum atomic E-state index is 13.9. The zero-order valence-corrected chi connectivity index (χ0v) is 21.3. The van der Waals surface area contributed by atoms with Crippen LogP contribution in [-0.2, 0) is 24.5 Å². The summed E-state index contributed by atoms with van der Waals surface area (Å²) in [6.07, 6.45) is 5.78. The van der Waals surface area contributed by atoms with Gasteiger partial charge in [0.1, 0.15) is 24.7 Å². The largest absolute Gasteiger partial charge is 0.485 e. The molecule has 1 aliphatic rings. The molecule has 1 amide bonds. The molecule has 0 bridgehead atoms. The molecule has 0 saturated heterocycles. The van der Waals surface area contributed by atoms with Crippen LogP contribution in [0.15, 0.2) is 72.8 Å². The van der Waals surface area contributed by atoms with E-state index < -0.39 is 0 Å². The van der Waals surface area contributed by atoms with E-state index in [1.807, 2.05) is 54.0 Å². The van der Waals surface area contributed by atoms with Crippen molar-refractivity contribution in [3.63, 3.8) is 0 Å². The van der Waals surface area contributed by atoms with Crippen molar-refractivity contribution in [1.82, 2.24) is 14.5 Å². The summed E-state index contributed by atoms with van der Waals surface area (Å²) in [6.45, 7) is 5.33. The van der Waals surface area contributed by atoms with Crippen molar-refractivity contribution in [2.45, 2.75) is 71.7 Å². The molecule has 1 aromatic heterocycles. The number of hydrogen-bond acceptors (Lipinski definition) is 3. The van der Waals surface area contributed by atoms with E-state index in [0.717, 1.165) is 46.6 Å². The number of imidazole rings is 1. The minimum absolute atomic E-state index is 0.141. The lowest BCUT2D eigenvalue weighted by Crippen LogP contribution is -2.42. The van der Waals surface area contributed by atoms with E-state index in [9.17, 15) is 4.79 Å². The number of ether oxygens (including phenoxy) is 1. The zero-order chi connectivity index (χ0) is 24.9. The van der Waals surface area contributed by atoms with Crippen LogP contribution in [0.1, 0.15) is 54.6 Å². The fraction of sp³-hybridized carbons (Fsp3) is 0.355. The smallest absolute Gasteiger partial charge is 0.243 e. The van der Waals surface area contributed by atoms with Gasteiger partial charge in [0.05, 0.1) is 11.0 Å². The molecule has 36 heavy (non-hydrogen) atoms. The number of benzene rings is 3. The average molecular weight is 482 g/mol. The molecule has 0 radical (unpaired) electrons. The highest BCUT2D eigenvalue weighted by Crippen LogP contribution is 2.26. The fourth-order valence-corrected chi connectivity index (χ4v) is 5.24. The second-order valence-electron chi connectivity index (χ2n) is 9.96. The second-order valence-corrected chi connectivity index (χ2v) is 9.96. The molecule has 4 aromatic rings. The molecule has 0 atom stereocenters. The molecular formula is C31H35N3O2. The summed E-state index contributed by atoms with van der Waals surface area (Å²) < 4.78 is 8.26. The Kier molecular flexibility index (Phi) is 7.36. The fourth-order valence-electron chi connectivity index (χ4n) is 5.24. The van der Waals surface area contributed by atoms with Crippen LogP contribution in [0.4, 0.5) is 0 Å². The van der Waals surface area contributed by atoms with Crippen LogP contribution in [0.2, 0.25) is 0 Å². The first kappa shape index (κ1) is 24.1.